The van der Waals surface area contributed by atoms with E-state index in [1.807, 2.05) is 13.2 Å². The van der Waals surface area contributed by atoms with Gasteiger partial charge in [-0.05, 0) is 24.1 Å². The van der Waals surface area contributed by atoms with Crippen molar-refractivity contribution in [2.45, 2.75) is 6.42 Å². The highest BCUT2D eigenvalue weighted by molar-refractivity contribution is 5.99. The first-order valence-corrected chi connectivity index (χ1v) is 6.29. The molecule has 3 N–H and O–H groups in total. The van der Waals surface area contributed by atoms with Crippen LogP contribution in [0.3, 0.4) is 0 Å². The molecule has 0 aliphatic heterocycles. The number of ether oxygens (including phenoxy) is 1. The summed E-state index contributed by atoms with van der Waals surface area (Å²) in [4.78, 5) is 12.0. The number of aryl methyl sites for hydroxylation is 1. The Morgan fingerprint density at radius 2 is 2.30 bits per heavy atom. The van der Waals surface area contributed by atoms with Crippen molar-refractivity contribution < 1.29 is 9.53 Å². The second kappa shape index (κ2) is 6.10. The van der Waals surface area contributed by atoms with Crippen molar-refractivity contribution >= 4 is 11.6 Å². The predicted molar refractivity (Wildman–Crippen MR) is 76.7 cm³/mol. The van der Waals surface area contributed by atoms with Gasteiger partial charge in [-0.25, -0.2) is 0 Å². The van der Waals surface area contributed by atoms with E-state index in [9.17, 15) is 4.79 Å². The maximum absolute atomic E-state index is 12.0. The molecule has 2 rings (SSSR count). The molecule has 1 aromatic carbocycles. The molecule has 0 spiro atoms. The largest absolute Gasteiger partial charge is 0.497 e. The lowest BCUT2D eigenvalue weighted by atomic mass is 10.1. The summed E-state index contributed by atoms with van der Waals surface area (Å²) in [7, 11) is 3.42. The second-order valence-corrected chi connectivity index (χ2v) is 4.48. The highest BCUT2D eigenvalue weighted by atomic mass is 16.5. The first-order chi connectivity index (χ1) is 9.60. The number of carbonyl (C=O) groups excluding carboxylic acids is 1. The number of rotatable bonds is 5. The number of hydrogen-bond donors (Lipinski definition) is 2. The number of anilines is 1. The minimum atomic E-state index is -0.186. The average molecular weight is 274 g/mol. The standard InChI is InChI=1S/C14H18N4O2/c1-18-9-10(8-17-18)5-6-16-14(19)12-4-3-11(20-2)7-13(12)15/h3-4,7-9H,5-6,15H2,1-2H3,(H,16,19). The zero-order valence-electron chi connectivity index (χ0n) is 11.6. The topological polar surface area (TPSA) is 82.2 Å². The van der Waals surface area contributed by atoms with Crippen LogP contribution in [0.1, 0.15) is 15.9 Å². The minimum absolute atomic E-state index is 0.186. The molecule has 0 radical (unpaired) electrons. The van der Waals surface area contributed by atoms with E-state index in [-0.39, 0.29) is 5.91 Å². The van der Waals surface area contributed by atoms with Crippen molar-refractivity contribution in [1.82, 2.24) is 15.1 Å². The van der Waals surface area contributed by atoms with Gasteiger partial charge in [0.05, 0.1) is 18.9 Å². The van der Waals surface area contributed by atoms with Gasteiger partial charge in [-0.15, -0.1) is 0 Å². The Morgan fingerprint density at radius 3 is 2.90 bits per heavy atom. The highest BCUT2D eigenvalue weighted by Crippen LogP contribution is 2.19. The van der Waals surface area contributed by atoms with Crippen LogP contribution in [0.2, 0.25) is 0 Å². The van der Waals surface area contributed by atoms with Gasteiger partial charge in [-0.1, -0.05) is 0 Å². The molecule has 106 valence electrons. The lowest BCUT2D eigenvalue weighted by Crippen LogP contribution is -2.26. The Labute approximate surface area is 117 Å². The number of hydrogen-bond acceptors (Lipinski definition) is 4. The smallest absolute Gasteiger partial charge is 0.253 e. The molecule has 20 heavy (non-hydrogen) atoms. The van der Waals surface area contributed by atoms with Gasteiger partial charge in [0.25, 0.3) is 5.91 Å². The van der Waals surface area contributed by atoms with E-state index < -0.39 is 0 Å². The van der Waals surface area contributed by atoms with Crippen LogP contribution in [0.4, 0.5) is 5.69 Å². The molecule has 0 aliphatic carbocycles. The van der Waals surface area contributed by atoms with E-state index in [1.165, 1.54) is 0 Å². The summed E-state index contributed by atoms with van der Waals surface area (Å²) in [5.41, 5.74) is 7.77. The number of nitrogen functional groups attached to an aromatic ring is 1. The average Bonchev–Trinajstić information content (AvgIpc) is 2.84. The third-order valence-corrected chi connectivity index (χ3v) is 2.96. The molecule has 0 saturated heterocycles. The minimum Gasteiger partial charge on any atom is -0.497 e. The van der Waals surface area contributed by atoms with Crippen LogP contribution in [-0.4, -0.2) is 29.3 Å². The molecular formula is C14H18N4O2. The van der Waals surface area contributed by atoms with Crippen molar-refractivity contribution in [1.29, 1.82) is 0 Å². The lowest BCUT2D eigenvalue weighted by Gasteiger charge is -2.08. The van der Waals surface area contributed by atoms with E-state index in [4.69, 9.17) is 10.5 Å². The Bertz CT molecular complexity index is 607. The molecule has 1 heterocycles. The van der Waals surface area contributed by atoms with Crippen molar-refractivity contribution in [2.75, 3.05) is 19.4 Å². The Hall–Kier alpha value is -2.50. The number of carbonyl (C=O) groups is 1. The van der Waals surface area contributed by atoms with Crippen molar-refractivity contribution in [2.24, 2.45) is 7.05 Å². The number of nitrogens with one attached hydrogen (secondary N) is 1. The maximum atomic E-state index is 12.0. The molecule has 2 aromatic rings. The van der Waals surface area contributed by atoms with Crippen LogP contribution in [0.15, 0.2) is 30.6 Å². The monoisotopic (exact) mass is 274 g/mol. The molecule has 1 amide bonds. The fourth-order valence-corrected chi connectivity index (χ4v) is 1.89. The zero-order valence-corrected chi connectivity index (χ0v) is 11.6. The number of benzene rings is 1. The highest BCUT2D eigenvalue weighted by Gasteiger charge is 2.10. The summed E-state index contributed by atoms with van der Waals surface area (Å²) in [5, 5.41) is 6.91. The van der Waals surface area contributed by atoms with Crippen LogP contribution in [0, 0.1) is 0 Å². The van der Waals surface area contributed by atoms with Gasteiger partial charge in [0, 0.05) is 31.5 Å². The first kappa shape index (κ1) is 13.9. The van der Waals surface area contributed by atoms with E-state index in [2.05, 4.69) is 10.4 Å². The normalized spacial score (nSPS) is 10.3. The predicted octanol–water partition coefficient (Wildman–Crippen LogP) is 0.983. The van der Waals surface area contributed by atoms with Gasteiger partial charge >= 0.3 is 0 Å². The van der Waals surface area contributed by atoms with Gasteiger partial charge in [0.2, 0.25) is 0 Å². The van der Waals surface area contributed by atoms with Crippen LogP contribution in [0.5, 0.6) is 5.75 Å². The lowest BCUT2D eigenvalue weighted by molar-refractivity contribution is 0.0955. The number of nitrogens with two attached hydrogens (primary N) is 1. The number of nitrogens with zero attached hydrogens (tertiary/aromatic N) is 2. The molecular weight excluding hydrogens is 256 g/mol. The third kappa shape index (κ3) is 3.28. The Kier molecular flexibility index (Phi) is 4.24. The number of amides is 1. The summed E-state index contributed by atoms with van der Waals surface area (Å²) in [6, 6.07) is 5.01. The SMILES string of the molecule is COc1ccc(C(=O)NCCc2cnn(C)c2)c(N)c1. The second-order valence-electron chi connectivity index (χ2n) is 4.48. The molecule has 1 aromatic heterocycles. The molecule has 0 atom stereocenters. The molecule has 0 aliphatic rings. The molecule has 6 nitrogen and oxygen atoms in total. The first-order valence-electron chi connectivity index (χ1n) is 6.29. The number of aromatic nitrogens is 2. The molecule has 0 saturated carbocycles. The number of methoxy groups -OCH3 is 1. The third-order valence-electron chi connectivity index (χ3n) is 2.96. The van der Waals surface area contributed by atoms with Crippen LogP contribution >= 0.6 is 0 Å². The maximum Gasteiger partial charge on any atom is 0.253 e. The van der Waals surface area contributed by atoms with E-state index >= 15 is 0 Å². The van der Waals surface area contributed by atoms with Crippen LogP contribution in [0.25, 0.3) is 0 Å². The summed E-state index contributed by atoms with van der Waals surface area (Å²) < 4.78 is 6.78. The van der Waals surface area contributed by atoms with Crippen molar-refractivity contribution in [3.05, 3.63) is 41.7 Å². The van der Waals surface area contributed by atoms with Gasteiger partial charge in [-0.3, -0.25) is 9.48 Å². The molecule has 6 heteroatoms. The van der Waals surface area contributed by atoms with E-state index in [0.29, 0.717) is 23.5 Å². The van der Waals surface area contributed by atoms with Crippen molar-refractivity contribution in [3.63, 3.8) is 0 Å². The van der Waals surface area contributed by atoms with E-state index in [1.54, 1.807) is 36.2 Å². The van der Waals surface area contributed by atoms with Gasteiger partial charge in [0.15, 0.2) is 0 Å². The van der Waals surface area contributed by atoms with Crippen molar-refractivity contribution in [3.8, 4) is 5.75 Å². The zero-order chi connectivity index (χ0) is 14.5. The molecule has 0 bridgehead atoms. The summed E-state index contributed by atoms with van der Waals surface area (Å²) in [6.45, 7) is 0.538. The summed E-state index contributed by atoms with van der Waals surface area (Å²) >= 11 is 0. The fourth-order valence-electron chi connectivity index (χ4n) is 1.89. The fraction of sp³-hybridized carbons (Fsp3) is 0.286. The molecule has 0 fully saturated rings. The van der Waals surface area contributed by atoms with Crippen LogP contribution < -0.4 is 15.8 Å². The Balaban J connectivity index is 1.91. The van der Waals surface area contributed by atoms with Gasteiger partial charge in [0.1, 0.15) is 5.75 Å². The van der Waals surface area contributed by atoms with Crippen LogP contribution in [-0.2, 0) is 13.5 Å². The summed E-state index contributed by atoms with van der Waals surface area (Å²) in [5.74, 6) is 0.448. The Morgan fingerprint density at radius 1 is 1.50 bits per heavy atom. The van der Waals surface area contributed by atoms with E-state index in [0.717, 1.165) is 12.0 Å². The summed E-state index contributed by atoms with van der Waals surface area (Å²) in [6.07, 6.45) is 4.44. The molecule has 0 unspecified atom stereocenters. The van der Waals surface area contributed by atoms with Gasteiger partial charge in [-0.2, -0.15) is 5.10 Å². The quantitative estimate of drug-likeness (QED) is 0.796. The van der Waals surface area contributed by atoms with Gasteiger partial charge < -0.3 is 15.8 Å².